The van der Waals surface area contributed by atoms with E-state index >= 15 is 0 Å². The molecule has 0 aliphatic carbocycles. The lowest BCUT2D eigenvalue weighted by Gasteiger charge is -2.13. The van der Waals surface area contributed by atoms with Gasteiger partial charge in [-0.05, 0) is 37.1 Å². The number of benzene rings is 1. The molecule has 0 aliphatic rings. The summed E-state index contributed by atoms with van der Waals surface area (Å²) in [7, 11) is 1.51. The first kappa shape index (κ1) is 16.8. The van der Waals surface area contributed by atoms with Gasteiger partial charge < -0.3 is 14.2 Å². The fraction of sp³-hybridized carbons (Fsp3) is 0.375. The summed E-state index contributed by atoms with van der Waals surface area (Å²) in [5.74, 6) is -0.363. The molecule has 1 aromatic carbocycles. The Bertz CT molecular complexity index is 534. The van der Waals surface area contributed by atoms with Gasteiger partial charge in [0, 0.05) is 0 Å². The molecule has 0 unspecified atom stereocenters. The van der Waals surface area contributed by atoms with Crippen molar-refractivity contribution in [2.75, 3.05) is 20.3 Å². The van der Waals surface area contributed by atoms with Crippen LogP contribution < -0.4 is 4.74 Å². The number of carbonyl (C=O) groups excluding carboxylic acids is 2. The highest BCUT2D eigenvalue weighted by atomic mass is 16.5. The molecule has 114 valence electrons. The SMILES string of the molecule is C=Cc1cc(OC)cc(CC(=O)OCC)c1C(=O)OCC. The number of hydrogen-bond donors (Lipinski definition) is 0. The van der Waals surface area contributed by atoms with Crippen LogP contribution in [0.4, 0.5) is 0 Å². The Morgan fingerprint density at radius 3 is 2.38 bits per heavy atom. The van der Waals surface area contributed by atoms with E-state index in [1.807, 2.05) is 0 Å². The van der Waals surface area contributed by atoms with Crippen molar-refractivity contribution >= 4 is 18.0 Å². The Balaban J connectivity index is 3.31. The molecule has 0 saturated heterocycles. The van der Waals surface area contributed by atoms with E-state index in [4.69, 9.17) is 14.2 Å². The van der Waals surface area contributed by atoms with E-state index in [9.17, 15) is 9.59 Å². The monoisotopic (exact) mass is 292 g/mol. The van der Waals surface area contributed by atoms with Crippen molar-refractivity contribution in [2.45, 2.75) is 20.3 Å². The number of rotatable bonds is 7. The number of ether oxygens (including phenoxy) is 3. The number of esters is 2. The van der Waals surface area contributed by atoms with Crippen LogP contribution >= 0.6 is 0 Å². The minimum absolute atomic E-state index is 0.0278. The molecule has 1 aromatic rings. The van der Waals surface area contributed by atoms with Crippen LogP contribution in [-0.2, 0) is 20.7 Å². The zero-order chi connectivity index (χ0) is 15.8. The summed E-state index contributed by atoms with van der Waals surface area (Å²) < 4.78 is 15.2. The van der Waals surface area contributed by atoms with Crippen LogP contribution in [0.1, 0.15) is 35.3 Å². The predicted octanol–water partition coefficient (Wildman–Crippen LogP) is 2.62. The van der Waals surface area contributed by atoms with Crippen LogP contribution in [0.15, 0.2) is 18.7 Å². The van der Waals surface area contributed by atoms with Gasteiger partial charge in [-0.1, -0.05) is 12.7 Å². The lowest BCUT2D eigenvalue weighted by Crippen LogP contribution is -2.15. The summed E-state index contributed by atoms with van der Waals surface area (Å²) in [5, 5.41) is 0. The van der Waals surface area contributed by atoms with Crippen LogP contribution in [0.25, 0.3) is 6.08 Å². The van der Waals surface area contributed by atoms with E-state index in [-0.39, 0.29) is 19.6 Å². The van der Waals surface area contributed by atoms with Crippen molar-refractivity contribution in [1.82, 2.24) is 0 Å². The third kappa shape index (κ3) is 4.34. The first-order chi connectivity index (χ1) is 10.1. The van der Waals surface area contributed by atoms with Gasteiger partial charge in [0.05, 0.1) is 32.3 Å². The third-order valence-electron chi connectivity index (χ3n) is 2.80. The minimum atomic E-state index is -0.491. The molecule has 1 rings (SSSR count). The van der Waals surface area contributed by atoms with Gasteiger partial charge in [0.15, 0.2) is 0 Å². The maximum absolute atomic E-state index is 12.1. The zero-order valence-electron chi connectivity index (χ0n) is 12.6. The molecule has 0 bridgehead atoms. The highest BCUT2D eigenvalue weighted by Crippen LogP contribution is 2.25. The molecule has 5 heteroatoms. The van der Waals surface area contributed by atoms with E-state index in [0.29, 0.717) is 22.4 Å². The smallest absolute Gasteiger partial charge is 0.339 e. The summed E-state index contributed by atoms with van der Waals surface area (Å²) in [5.41, 5.74) is 1.38. The molecule has 0 aromatic heterocycles. The molecular formula is C16H20O5. The fourth-order valence-corrected chi connectivity index (χ4v) is 1.93. The van der Waals surface area contributed by atoms with E-state index in [1.165, 1.54) is 13.2 Å². The van der Waals surface area contributed by atoms with Crippen LogP contribution in [0, 0.1) is 0 Å². The molecule has 5 nitrogen and oxygen atoms in total. The van der Waals surface area contributed by atoms with Crippen molar-refractivity contribution in [1.29, 1.82) is 0 Å². The molecule has 0 atom stereocenters. The summed E-state index contributed by atoms with van der Waals surface area (Å²) in [6.45, 7) is 7.67. The average molecular weight is 292 g/mol. The second-order valence-electron chi connectivity index (χ2n) is 4.16. The number of methoxy groups -OCH3 is 1. The molecule has 0 amide bonds. The summed E-state index contributed by atoms with van der Waals surface area (Å²) in [4.78, 5) is 23.8. The normalized spacial score (nSPS) is 9.86. The van der Waals surface area contributed by atoms with Gasteiger partial charge in [0.2, 0.25) is 0 Å². The molecule has 0 radical (unpaired) electrons. The summed E-state index contributed by atoms with van der Waals surface area (Å²) >= 11 is 0. The Labute approximate surface area is 124 Å². The highest BCUT2D eigenvalue weighted by Gasteiger charge is 2.20. The predicted molar refractivity (Wildman–Crippen MR) is 79.4 cm³/mol. The van der Waals surface area contributed by atoms with Gasteiger partial charge in [-0.2, -0.15) is 0 Å². The maximum atomic E-state index is 12.1. The van der Waals surface area contributed by atoms with E-state index in [0.717, 1.165) is 0 Å². The molecule has 0 heterocycles. The van der Waals surface area contributed by atoms with Crippen molar-refractivity contribution in [3.8, 4) is 5.75 Å². The first-order valence-corrected chi connectivity index (χ1v) is 6.73. The van der Waals surface area contributed by atoms with Gasteiger partial charge in [-0.25, -0.2) is 4.79 Å². The van der Waals surface area contributed by atoms with E-state index in [1.54, 1.807) is 26.0 Å². The van der Waals surface area contributed by atoms with Gasteiger partial charge in [-0.15, -0.1) is 0 Å². The molecule has 21 heavy (non-hydrogen) atoms. The molecule has 0 fully saturated rings. The Hall–Kier alpha value is -2.30. The molecule has 0 N–H and O–H groups in total. The second kappa shape index (κ2) is 8.09. The standard InChI is InChI=1S/C16H20O5/c1-5-11-8-13(19-4)9-12(10-14(17)20-6-2)15(11)16(18)21-7-3/h5,8-9H,1,6-7,10H2,2-4H3. The average Bonchev–Trinajstić information content (AvgIpc) is 2.46. The lowest BCUT2D eigenvalue weighted by molar-refractivity contribution is -0.142. The van der Waals surface area contributed by atoms with Crippen LogP contribution in [0.2, 0.25) is 0 Å². The Morgan fingerprint density at radius 2 is 1.86 bits per heavy atom. The third-order valence-corrected chi connectivity index (χ3v) is 2.80. The second-order valence-corrected chi connectivity index (χ2v) is 4.16. The molecule has 0 spiro atoms. The van der Waals surface area contributed by atoms with Gasteiger partial charge in [0.25, 0.3) is 0 Å². The van der Waals surface area contributed by atoms with Gasteiger partial charge in [-0.3, -0.25) is 4.79 Å². The van der Waals surface area contributed by atoms with Crippen molar-refractivity contribution < 1.29 is 23.8 Å². The van der Waals surface area contributed by atoms with Crippen molar-refractivity contribution in [3.05, 3.63) is 35.4 Å². The number of carbonyl (C=O) groups is 2. The first-order valence-electron chi connectivity index (χ1n) is 6.73. The summed E-state index contributed by atoms with van der Waals surface area (Å²) in [6, 6.07) is 3.31. The Morgan fingerprint density at radius 1 is 1.19 bits per heavy atom. The van der Waals surface area contributed by atoms with Crippen LogP contribution in [0.5, 0.6) is 5.75 Å². The minimum Gasteiger partial charge on any atom is -0.497 e. The molecular weight excluding hydrogens is 272 g/mol. The van der Waals surface area contributed by atoms with Crippen molar-refractivity contribution in [2.24, 2.45) is 0 Å². The maximum Gasteiger partial charge on any atom is 0.339 e. The van der Waals surface area contributed by atoms with E-state index < -0.39 is 11.9 Å². The molecule has 0 aliphatic heterocycles. The number of hydrogen-bond acceptors (Lipinski definition) is 5. The zero-order valence-corrected chi connectivity index (χ0v) is 12.6. The van der Waals surface area contributed by atoms with Crippen molar-refractivity contribution in [3.63, 3.8) is 0 Å². The lowest BCUT2D eigenvalue weighted by atomic mass is 9.98. The van der Waals surface area contributed by atoms with Crippen LogP contribution in [-0.4, -0.2) is 32.3 Å². The highest BCUT2D eigenvalue weighted by molar-refractivity contribution is 5.96. The van der Waals surface area contributed by atoms with Gasteiger partial charge >= 0.3 is 11.9 Å². The fourth-order valence-electron chi connectivity index (χ4n) is 1.93. The quantitative estimate of drug-likeness (QED) is 0.723. The largest absolute Gasteiger partial charge is 0.497 e. The van der Waals surface area contributed by atoms with Gasteiger partial charge in [0.1, 0.15) is 5.75 Å². The molecule has 0 saturated carbocycles. The van der Waals surface area contributed by atoms with Crippen LogP contribution in [0.3, 0.4) is 0 Å². The summed E-state index contributed by atoms with van der Waals surface area (Å²) in [6.07, 6.45) is 1.50. The topological polar surface area (TPSA) is 61.8 Å². The van der Waals surface area contributed by atoms with E-state index in [2.05, 4.69) is 6.58 Å². The Kier molecular flexibility index (Phi) is 6.46.